The second-order valence-electron chi connectivity index (χ2n) is 13.9. The SMILES string of the molecule is CNC(=O)OCc1ccc(NC(=O)[C@H](CCCNC(N)O)NC(=O)[C@@H](NC(=O)COCCOCCOC)C(C)C)cc1OCC(=O)NCCCNC(=O)CCN1C(=O)C=CC1=O. The number of benzene rings is 1. The summed E-state index contributed by atoms with van der Waals surface area (Å²) in [6.45, 7) is 4.10. The van der Waals surface area contributed by atoms with Gasteiger partial charge in [-0.2, -0.15) is 0 Å². The molecule has 0 saturated carbocycles. The predicted octanol–water partition coefficient (Wildman–Crippen LogP) is -2.29. The third-order valence-electron chi connectivity index (χ3n) is 8.68. The van der Waals surface area contributed by atoms with Crippen molar-refractivity contribution >= 4 is 53.1 Å². The second kappa shape index (κ2) is 29.5. The number of aliphatic hydroxyl groups excluding tert-OH is 1. The van der Waals surface area contributed by atoms with Crippen LogP contribution in [0.3, 0.4) is 0 Å². The van der Waals surface area contributed by atoms with Crippen LogP contribution >= 0.6 is 0 Å². The van der Waals surface area contributed by atoms with E-state index in [9.17, 15) is 43.5 Å². The number of anilines is 1. The second-order valence-corrected chi connectivity index (χ2v) is 13.9. The average Bonchev–Trinajstić information content (AvgIpc) is 3.56. The normalized spacial score (nSPS) is 13.6. The molecule has 0 bridgehead atoms. The number of hydrogen-bond donors (Lipinski definition) is 9. The number of rotatable bonds is 31. The van der Waals surface area contributed by atoms with Crippen molar-refractivity contribution in [2.75, 3.05) is 85.3 Å². The molecule has 0 spiro atoms. The predicted molar refractivity (Wildman–Crippen MR) is 221 cm³/mol. The summed E-state index contributed by atoms with van der Waals surface area (Å²) in [6.07, 6.45) is 0.919. The number of nitrogens with two attached hydrogens (primary N) is 1. The van der Waals surface area contributed by atoms with Gasteiger partial charge in [0.2, 0.25) is 23.6 Å². The van der Waals surface area contributed by atoms with E-state index in [1.54, 1.807) is 21.0 Å². The van der Waals surface area contributed by atoms with E-state index in [1.165, 1.54) is 25.2 Å². The van der Waals surface area contributed by atoms with Gasteiger partial charge in [-0.15, -0.1) is 0 Å². The molecule has 23 heteroatoms. The van der Waals surface area contributed by atoms with E-state index in [-0.39, 0.29) is 95.1 Å². The Labute approximate surface area is 359 Å². The number of aliphatic hydroxyl groups is 1. The number of nitrogens with one attached hydrogen (secondary N) is 7. The zero-order valence-corrected chi connectivity index (χ0v) is 35.6. The van der Waals surface area contributed by atoms with Crippen LogP contribution in [0.25, 0.3) is 0 Å². The summed E-state index contributed by atoms with van der Waals surface area (Å²) >= 11 is 0. The Balaban J connectivity index is 2.04. The first kappa shape index (κ1) is 52.4. The summed E-state index contributed by atoms with van der Waals surface area (Å²) in [5, 5.41) is 27.8. The Bertz CT molecular complexity index is 1660. The van der Waals surface area contributed by atoms with Gasteiger partial charge in [0.15, 0.2) is 13.0 Å². The molecule has 0 radical (unpaired) electrons. The van der Waals surface area contributed by atoms with E-state index in [0.717, 1.165) is 17.1 Å². The van der Waals surface area contributed by atoms with Gasteiger partial charge in [0.05, 0.1) is 26.4 Å². The maximum Gasteiger partial charge on any atom is 0.407 e. The summed E-state index contributed by atoms with van der Waals surface area (Å²) in [5.74, 6) is -3.96. The van der Waals surface area contributed by atoms with Gasteiger partial charge in [-0.3, -0.25) is 49.5 Å². The molecule has 0 saturated heterocycles. The van der Waals surface area contributed by atoms with E-state index >= 15 is 0 Å². The fraction of sp³-hybridized carbons (Fsp3) is 0.590. The zero-order chi connectivity index (χ0) is 45.9. The molecule has 1 unspecified atom stereocenters. The molecule has 0 aliphatic carbocycles. The molecule has 1 heterocycles. The number of amides is 8. The number of imide groups is 1. The molecular weight excluding hydrogens is 818 g/mol. The van der Waals surface area contributed by atoms with Crippen molar-refractivity contribution in [2.45, 2.75) is 64.6 Å². The lowest BCUT2D eigenvalue weighted by Crippen LogP contribution is -2.55. The lowest BCUT2D eigenvalue weighted by atomic mass is 10.0. The molecule has 0 aromatic heterocycles. The van der Waals surface area contributed by atoms with Gasteiger partial charge in [0.1, 0.15) is 31.0 Å². The van der Waals surface area contributed by atoms with Gasteiger partial charge >= 0.3 is 6.09 Å². The number of carbonyl (C=O) groups is 8. The van der Waals surface area contributed by atoms with E-state index in [2.05, 4.69) is 37.2 Å². The number of ether oxygens (including phenoxy) is 5. The highest BCUT2D eigenvalue weighted by atomic mass is 16.6. The van der Waals surface area contributed by atoms with Crippen LogP contribution in [0.15, 0.2) is 30.4 Å². The maximum absolute atomic E-state index is 13.7. The quantitative estimate of drug-likeness (QED) is 0.0215. The van der Waals surface area contributed by atoms with Crippen molar-refractivity contribution in [1.29, 1.82) is 0 Å². The van der Waals surface area contributed by atoms with Gasteiger partial charge in [-0.1, -0.05) is 13.8 Å². The number of alkyl carbamates (subject to hydrolysis) is 1. The minimum absolute atomic E-state index is 0.0496. The third-order valence-corrected chi connectivity index (χ3v) is 8.68. The molecule has 1 aromatic rings. The number of nitrogens with zero attached hydrogens (tertiary/aromatic N) is 1. The minimum Gasteiger partial charge on any atom is -0.483 e. The summed E-state index contributed by atoms with van der Waals surface area (Å²) in [5.41, 5.74) is 5.92. The first-order valence-electron chi connectivity index (χ1n) is 20.0. The van der Waals surface area contributed by atoms with Crippen LogP contribution in [-0.2, 0) is 59.1 Å². The van der Waals surface area contributed by atoms with Gasteiger partial charge in [-0.25, -0.2) is 4.79 Å². The Hall–Kier alpha value is -5.72. The van der Waals surface area contributed by atoms with Crippen LogP contribution in [0.4, 0.5) is 10.5 Å². The molecule has 1 aliphatic heterocycles. The lowest BCUT2D eigenvalue weighted by molar-refractivity contribution is -0.137. The molecule has 1 aliphatic rings. The van der Waals surface area contributed by atoms with Gasteiger partial charge in [0, 0.05) is 69.7 Å². The smallest absolute Gasteiger partial charge is 0.407 e. The van der Waals surface area contributed by atoms with Crippen LogP contribution in [0.2, 0.25) is 0 Å². The molecule has 346 valence electrons. The standard InChI is InChI=1S/C39H61N9O14/c1-25(2)35(47-32(51)23-60-20-19-59-18-17-58-4)37(55)46-28(7-5-13-44-38(40)56)36(54)45-27-9-8-26(22-62-39(57)41-3)29(21-27)61-24-31(50)43-15-6-14-42-30(49)12-16-48-33(52)10-11-34(48)53/h8-11,21,25,28,35,38,44,56H,5-7,12-20,22-24,40H2,1-4H3,(H,41,57)(H,42,49)(H,43,50)(H,45,54)(H,46,55)(H,47,51)/t28-,35-,38?/m0/s1. The summed E-state index contributed by atoms with van der Waals surface area (Å²) in [7, 11) is 2.93. The van der Waals surface area contributed by atoms with Gasteiger partial charge in [0.25, 0.3) is 17.7 Å². The fourth-order valence-electron chi connectivity index (χ4n) is 5.39. The summed E-state index contributed by atoms with van der Waals surface area (Å²) < 4.78 is 26.5. The molecule has 0 fully saturated rings. The Kier molecular flexibility index (Phi) is 25.0. The molecule has 2 rings (SSSR count). The lowest BCUT2D eigenvalue weighted by Gasteiger charge is -2.25. The Morgan fingerprint density at radius 1 is 0.823 bits per heavy atom. The zero-order valence-electron chi connectivity index (χ0n) is 35.6. The molecule has 23 nitrogen and oxygen atoms in total. The van der Waals surface area contributed by atoms with Crippen LogP contribution in [0.1, 0.15) is 45.1 Å². The third kappa shape index (κ3) is 21.2. The molecule has 1 aromatic carbocycles. The van der Waals surface area contributed by atoms with Crippen LogP contribution in [-0.4, -0.2) is 156 Å². The van der Waals surface area contributed by atoms with Crippen molar-refractivity contribution in [3.8, 4) is 5.75 Å². The van der Waals surface area contributed by atoms with Crippen LogP contribution in [0.5, 0.6) is 5.75 Å². The first-order valence-corrected chi connectivity index (χ1v) is 20.0. The summed E-state index contributed by atoms with van der Waals surface area (Å²) in [4.78, 5) is 101. The van der Waals surface area contributed by atoms with E-state index in [0.29, 0.717) is 25.2 Å². The highest BCUT2D eigenvalue weighted by molar-refractivity contribution is 6.13. The molecular formula is C39H61N9O14. The average molecular weight is 880 g/mol. The number of methoxy groups -OCH3 is 1. The summed E-state index contributed by atoms with van der Waals surface area (Å²) in [6, 6.07) is 2.26. The largest absolute Gasteiger partial charge is 0.483 e. The molecule has 10 N–H and O–H groups in total. The van der Waals surface area contributed by atoms with Crippen molar-refractivity contribution < 1.29 is 67.1 Å². The van der Waals surface area contributed by atoms with Crippen molar-refractivity contribution in [1.82, 2.24) is 36.8 Å². The Morgan fingerprint density at radius 2 is 1.50 bits per heavy atom. The maximum atomic E-state index is 13.7. The van der Waals surface area contributed by atoms with Gasteiger partial charge < -0.3 is 60.7 Å². The van der Waals surface area contributed by atoms with Crippen molar-refractivity contribution in [2.24, 2.45) is 11.7 Å². The highest BCUT2D eigenvalue weighted by Crippen LogP contribution is 2.25. The topological polar surface area (TPSA) is 316 Å². The van der Waals surface area contributed by atoms with E-state index in [1.807, 2.05) is 0 Å². The van der Waals surface area contributed by atoms with Crippen LogP contribution < -0.4 is 47.7 Å². The number of hydrogen-bond acceptors (Lipinski definition) is 16. The minimum atomic E-state index is -1.30. The fourth-order valence-corrected chi connectivity index (χ4v) is 5.39. The van der Waals surface area contributed by atoms with E-state index < -0.39 is 66.6 Å². The number of carbonyl (C=O) groups excluding carboxylic acids is 8. The molecule has 62 heavy (non-hydrogen) atoms. The van der Waals surface area contributed by atoms with Crippen LogP contribution in [0, 0.1) is 5.92 Å². The highest BCUT2D eigenvalue weighted by Gasteiger charge is 2.29. The Morgan fingerprint density at radius 3 is 2.16 bits per heavy atom. The van der Waals surface area contributed by atoms with Gasteiger partial charge in [-0.05, 0) is 43.9 Å². The van der Waals surface area contributed by atoms with Crippen molar-refractivity contribution in [3.63, 3.8) is 0 Å². The van der Waals surface area contributed by atoms with Crippen molar-refractivity contribution in [3.05, 3.63) is 35.9 Å². The first-order chi connectivity index (χ1) is 29.6. The van der Waals surface area contributed by atoms with E-state index in [4.69, 9.17) is 29.4 Å². The molecule has 3 atom stereocenters. The monoisotopic (exact) mass is 879 g/mol. The molecule has 8 amide bonds.